The lowest BCUT2D eigenvalue weighted by atomic mass is 9.92. The number of nitrogens with zero attached hydrogens (tertiary/aromatic N) is 2. The number of hydrogen-bond donors (Lipinski definition) is 1. The van der Waals surface area contributed by atoms with Crippen molar-refractivity contribution in [2.24, 2.45) is 5.92 Å². The second-order valence-corrected chi connectivity index (χ2v) is 5.15. The molecule has 102 valence electrons. The van der Waals surface area contributed by atoms with Crippen LogP contribution in [0.3, 0.4) is 0 Å². The molecule has 2 rings (SSSR count). The van der Waals surface area contributed by atoms with Crippen LogP contribution in [0.2, 0.25) is 0 Å². The van der Waals surface area contributed by atoms with Gasteiger partial charge in [-0.25, -0.2) is 4.39 Å². The Kier molecular flexibility index (Phi) is 4.52. The van der Waals surface area contributed by atoms with Crippen LogP contribution in [0.5, 0.6) is 0 Å². The van der Waals surface area contributed by atoms with Crippen LogP contribution < -0.4 is 0 Å². The Morgan fingerprint density at radius 2 is 2.32 bits per heavy atom. The molecule has 1 aromatic rings. The van der Waals surface area contributed by atoms with Crippen molar-refractivity contribution in [1.29, 1.82) is 5.26 Å². The van der Waals surface area contributed by atoms with Gasteiger partial charge in [-0.3, -0.25) is 4.90 Å². The minimum absolute atomic E-state index is 0.0987. The van der Waals surface area contributed by atoms with E-state index in [1.165, 1.54) is 6.07 Å². The van der Waals surface area contributed by atoms with Crippen LogP contribution in [0.25, 0.3) is 0 Å². The standard InChI is InChI=1S/C15H19FN2O/c1-2-11-9-18(7-6-14(11)19)10-13-5-3-4-12(8-17)15(13)16/h3-5,11,14,19H,2,6-7,9-10H2,1H3. The molecule has 1 aliphatic rings. The lowest BCUT2D eigenvalue weighted by Gasteiger charge is -2.35. The van der Waals surface area contributed by atoms with Gasteiger partial charge in [0.2, 0.25) is 0 Å². The molecule has 4 heteroatoms. The van der Waals surface area contributed by atoms with Gasteiger partial charge in [0, 0.05) is 25.2 Å². The Morgan fingerprint density at radius 3 is 3.00 bits per heavy atom. The molecule has 1 aromatic carbocycles. The van der Waals surface area contributed by atoms with Crippen molar-refractivity contribution < 1.29 is 9.50 Å². The minimum Gasteiger partial charge on any atom is -0.393 e. The molecule has 0 aromatic heterocycles. The molecule has 1 N–H and O–H groups in total. The fourth-order valence-corrected chi connectivity index (χ4v) is 2.67. The molecule has 1 heterocycles. The summed E-state index contributed by atoms with van der Waals surface area (Å²) in [5, 5.41) is 18.7. The van der Waals surface area contributed by atoms with E-state index in [4.69, 9.17) is 5.26 Å². The molecule has 3 nitrogen and oxygen atoms in total. The predicted molar refractivity (Wildman–Crippen MR) is 70.8 cm³/mol. The number of aliphatic hydroxyl groups excluding tert-OH is 1. The van der Waals surface area contributed by atoms with Crippen molar-refractivity contribution in [2.75, 3.05) is 13.1 Å². The minimum atomic E-state index is -0.413. The fourth-order valence-electron chi connectivity index (χ4n) is 2.67. The largest absolute Gasteiger partial charge is 0.393 e. The number of rotatable bonds is 3. The zero-order valence-corrected chi connectivity index (χ0v) is 11.1. The molecule has 2 atom stereocenters. The Balaban J connectivity index is 2.08. The highest BCUT2D eigenvalue weighted by molar-refractivity contribution is 5.34. The first kappa shape index (κ1) is 14.0. The summed E-state index contributed by atoms with van der Waals surface area (Å²) in [6.07, 6.45) is 1.42. The molecule has 19 heavy (non-hydrogen) atoms. The van der Waals surface area contributed by atoms with E-state index < -0.39 is 5.82 Å². The quantitative estimate of drug-likeness (QED) is 0.909. The Morgan fingerprint density at radius 1 is 1.53 bits per heavy atom. The molecular formula is C15H19FN2O. The van der Waals surface area contributed by atoms with Crippen LogP contribution in [-0.2, 0) is 6.54 Å². The Hall–Kier alpha value is -1.44. The number of nitriles is 1. The van der Waals surface area contributed by atoms with Crippen molar-refractivity contribution in [1.82, 2.24) is 4.90 Å². The zero-order valence-electron chi connectivity index (χ0n) is 11.1. The van der Waals surface area contributed by atoms with E-state index in [1.807, 2.05) is 6.07 Å². The molecule has 1 saturated heterocycles. The number of hydrogen-bond acceptors (Lipinski definition) is 3. The van der Waals surface area contributed by atoms with E-state index in [9.17, 15) is 9.50 Å². The van der Waals surface area contributed by atoms with Gasteiger partial charge in [-0.05, 0) is 24.8 Å². The van der Waals surface area contributed by atoms with Gasteiger partial charge in [0.1, 0.15) is 11.9 Å². The van der Waals surface area contributed by atoms with Gasteiger partial charge in [-0.15, -0.1) is 0 Å². The van der Waals surface area contributed by atoms with Gasteiger partial charge in [-0.2, -0.15) is 5.26 Å². The first-order valence-electron chi connectivity index (χ1n) is 6.73. The van der Waals surface area contributed by atoms with Crippen LogP contribution in [0.15, 0.2) is 18.2 Å². The summed E-state index contributed by atoms with van der Waals surface area (Å²) in [6, 6.07) is 6.80. The Bertz CT molecular complexity index is 484. The van der Waals surface area contributed by atoms with Gasteiger partial charge in [0.25, 0.3) is 0 Å². The highest BCUT2D eigenvalue weighted by Gasteiger charge is 2.26. The predicted octanol–water partition coefficient (Wildman–Crippen LogP) is 2.29. The number of halogens is 1. The third-order valence-electron chi connectivity index (χ3n) is 3.90. The van der Waals surface area contributed by atoms with E-state index in [-0.39, 0.29) is 17.6 Å². The van der Waals surface area contributed by atoms with Gasteiger partial charge >= 0.3 is 0 Å². The number of aliphatic hydroxyl groups is 1. The van der Waals surface area contributed by atoms with Gasteiger partial charge in [-0.1, -0.05) is 19.1 Å². The molecule has 0 bridgehead atoms. The van der Waals surface area contributed by atoms with Crippen LogP contribution >= 0.6 is 0 Å². The topological polar surface area (TPSA) is 47.3 Å². The van der Waals surface area contributed by atoms with Crippen molar-refractivity contribution in [2.45, 2.75) is 32.4 Å². The molecule has 0 amide bonds. The van der Waals surface area contributed by atoms with Crippen molar-refractivity contribution in [3.8, 4) is 6.07 Å². The summed E-state index contributed by atoms with van der Waals surface area (Å²) >= 11 is 0. The normalized spacial score (nSPS) is 24.1. The number of likely N-dealkylation sites (tertiary alicyclic amines) is 1. The molecule has 0 aliphatic carbocycles. The first-order chi connectivity index (χ1) is 9.15. The van der Waals surface area contributed by atoms with Crippen molar-refractivity contribution in [3.05, 3.63) is 35.1 Å². The second-order valence-electron chi connectivity index (χ2n) is 5.15. The summed E-state index contributed by atoms with van der Waals surface area (Å²) in [5.41, 5.74) is 0.659. The van der Waals surface area contributed by atoms with Crippen molar-refractivity contribution in [3.63, 3.8) is 0 Å². The van der Waals surface area contributed by atoms with E-state index in [2.05, 4.69) is 11.8 Å². The van der Waals surface area contributed by atoms with Crippen LogP contribution in [0.1, 0.15) is 30.9 Å². The average Bonchev–Trinajstić information content (AvgIpc) is 2.43. The lowest BCUT2D eigenvalue weighted by molar-refractivity contribution is 0.0218. The average molecular weight is 262 g/mol. The number of benzene rings is 1. The summed E-state index contributed by atoms with van der Waals surface area (Å²) in [5.74, 6) is -0.153. The first-order valence-corrected chi connectivity index (χ1v) is 6.73. The third-order valence-corrected chi connectivity index (χ3v) is 3.90. The molecule has 2 unspecified atom stereocenters. The summed E-state index contributed by atoms with van der Waals surface area (Å²) in [4.78, 5) is 2.15. The van der Waals surface area contributed by atoms with Crippen LogP contribution in [0.4, 0.5) is 4.39 Å². The Labute approximate surface area is 113 Å². The second kappa shape index (κ2) is 6.14. The SMILES string of the molecule is CCC1CN(Cc2cccc(C#N)c2F)CCC1O. The maximum Gasteiger partial charge on any atom is 0.145 e. The molecule has 0 saturated carbocycles. The number of piperidine rings is 1. The molecule has 1 fully saturated rings. The van der Waals surface area contributed by atoms with E-state index >= 15 is 0 Å². The smallest absolute Gasteiger partial charge is 0.145 e. The van der Waals surface area contributed by atoms with Crippen LogP contribution in [-0.4, -0.2) is 29.2 Å². The maximum atomic E-state index is 14.0. The summed E-state index contributed by atoms with van der Waals surface area (Å²) < 4.78 is 14.0. The highest BCUT2D eigenvalue weighted by atomic mass is 19.1. The van der Waals surface area contributed by atoms with Crippen LogP contribution in [0, 0.1) is 23.1 Å². The molecular weight excluding hydrogens is 243 g/mol. The third kappa shape index (κ3) is 3.12. The van der Waals surface area contributed by atoms with E-state index in [1.54, 1.807) is 12.1 Å². The van der Waals surface area contributed by atoms with Gasteiger partial charge < -0.3 is 5.11 Å². The van der Waals surface area contributed by atoms with Gasteiger partial charge in [0.15, 0.2) is 0 Å². The van der Waals surface area contributed by atoms with E-state index in [0.29, 0.717) is 12.1 Å². The highest BCUT2D eigenvalue weighted by Crippen LogP contribution is 2.22. The molecule has 1 aliphatic heterocycles. The zero-order chi connectivity index (χ0) is 13.8. The summed E-state index contributed by atoms with van der Waals surface area (Å²) in [7, 11) is 0. The monoisotopic (exact) mass is 262 g/mol. The fraction of sp³-hybridized carbons (Fsp3) is 0.533. The maximum absolute atomic E-state index is 14.0. The lowest BCUT2D eigenvalue weighted by Crippen LogP contribution is -2.42. The van der Waals surface area contributed by atoms with Crippen molar-refractivity contribution >= 4 is 0 Å². The molecule has 0 spiro atoms. The summed E-state index contributed by atoms with van der Waals surface area (Å²) in [6.45, 7) is 4.13. The van der Waals surface area contributed by atoms with Gasteiger partial charge in [0.05, 0.1) is 11.7 Å². The van der Waals surface area contributed by atoms with E-state index in [0.717, 1.165) is 25.9 Å². The molecule has 0 radical (unpaired) electrons.